The van der Waals surface area contributed by atoms with Crippen LogP contribution in [0.4, 0.5) is 13.2 Å². The molecular formula is C10H9F3N4S. The fourth-order valence-corrected chi connectivity index (χ4v) is 2.36. The second kappa shape index (κ2) is 4.99. The van der Waals surface area contributed by atoms with Gasteiger partial charge < -0.3 is 5.32 Å². The van der Waals surface area contributed by atoms with Crippen LogP contribution in [0.15, 0.2) is 24.8 Å². The summed E-state index contributed by atoms with van der Waals surface area (Å²) in [6.45, 7) is 0. The Hall–Kier alpha value is -1.54. The number of rotatable bonds is 3. The second-order valence-electron chi connectivity index (χ2n) is 3.42. The summed E-state index contributed by atoms with van der Waals surface area (Å²) in [6, 6.07) is 1.23. The third-order valence-corrected chi connectivity index (χ3v) is 3.35. The fraction of sp³-hybridized carbons (Fsp3) is 0.300. The molecule has 2 aromatic rings. The van der Waals surface area contributed by atoms with Crippen molar-refractivity contribution in [1.82, 2.24) is 20.3 Å². The molecule has 0 radical (unpaired) electrons. The summed E-state index contributed by atoms with van der Waals surface area (Å²) in [7, 11) is 1.65. The number of hydrogen-bond donors (Lipinski definition) is 1. The standard InChI is InChI=1S/C10H9F3N4S/c1-14-8(6-2-3-15-5-17-6)7-4-16-9(18-7)10(11,12)13/h2-5,8,14H,1H3. The van der Waals surface area contributed by atoms with Crippen molar-refractivity contribution in [2.45, 2.75) is 12.2 Å². The van der Waals surface area contributed by atoms with Crippen molar-refractivity contribution < 1.29 is 13.2 Å². The van der Waals surface area contributed by atoms with Crippen molar-refractivity contribution in [1.29, 1.82) is 0 Å². The molecule has 96 valence electrons. The molecule has 0 bridgehead atoms. The summed E-state index contributed by atoms with van der Waals surface area (Å²) in [4.78, 5) is 11.6. The van der Waals surface area contributed by atoms with Gasteiger partial charge in [0, 0.05) is 17.3 Å². The van der Waals surface area contributed by atoms with Crippen LogP contribution in [0.3, 0.4) is 0 Å². The molecule has 1 N–H and O–H groups in total. The molecule has 1 atom stereocenters. The Kier molecular flexibility index (Phi) is 3.58. The van der Waals surface area contributed by atoms with Gasteiger partial charge in [-0.1, -0.05) is 0 Å². The quantitative estimate of drug-likeness (QED) is 0.932. The van der Waals surface area contributed by atoms with E-state index >= 15 is 0 Å². The Balaban J connectivity index is 2.32. The Morgan fingerprint density at radius 1 is 1.33 bits per heavy atom. The molecule has 2 rings (SSSR count). The Morgan fingerprint density at radius 2 is 2.11 bits per heavy atom. The van der Waals surface area contributed by atoms with Crippen LogP contribution in [0.2, 0.25) is 0 Å². The van der Waals surface area contributed by atoms with Gasteiger partial charge in [0.15, 0.2) is 5.01 Å². The van der Waals surface area contributed by atoms with Gasteiger partial charge >= 0.3 is 6.18 Å². The second-order valence-corrected chi connectivity index (χ2v) is 4.48. The first kappa shape index (κ1) is 12.9. The largest absolute Gasteiger partial charge is 0.443 e. The third kappa shape index (κ3) is 2.65. The van der Waals surface area contributed by atoms with E-state index in [4.69, 9.17) is 0 Å². The van der Waals surface area contributed by atoms with Crippen LogP contribution >= 0.6 is 11.3 Å². The first-order valence-electron chi connectivity index (χ1n) is 4.98. The predicted molar refractivity (Wildman–Crippen MR) is 60.1 cm³/mol. The van der Waals surface area contributed by atoms with Crippen LogP contribution in [0, 0.1) is 0 Å². The molecule has 8 heteroatoms. The maximum absolute atomic E-state index is 12.5. The highest BCUT2D eigenvalue weighted by Crippen LogP contribution is 2.35. The Bertz CT molecular complexity index is 511. The molecule has 1 unspecified atom stereocenters. The lowest BCUT2D eigenvalue weighted by atomic mass is 10.2. The van der Waals surface area contributed by atoms with Gasteiger partial charge in [-0.2, -0.15) is 13.2 Å². The Labute approximate surface area is 105 Å². The number of thiazole rings is 1. The molecule has 0 aliphatic heterocycles. The molecule has 0 saturated heterocycles. The van der Waals surface area contributed by atoms with E-state index in [-0.39, 0.29) is 0 Å². The van der Waals surface area contributed by atoms with E-state index in [0.717, 1.165) is 0 Å². The predicted octanol–water partition coefficient (Wildman–Crippen LogP) is 2.26. The first-order valence-corrected chi connectivity index (χ1v) is 5.80. The van der Waals surface area contributed by atoms with E-state index in [0.29, 0.717) is 21.9 Å². The lowest BCUT2D eigenvalue weighted by Crippen LogP contribution is -2.17. The number of nitrogens with zero attached hydrogens (tertiary/aromatic N) is 3. The van der Waals surface area contributed by atoms with E-state index in [2.05, 4.69) is 20.3 Å². The van der Waals surface area contributed by atoms with Gasteiger partial charge in [0.25, 0.3) is 0 Å². The summed E-state index contributed by atoms with van der Waals surface area (Å²) >= 11 is 0.608. The summed E-state index contributed by atoms with van der Waals surface area (Å²) < 4.78 is 37.4. The molecule has 0 amide bonds. The van der Waals surface area contributed by atoms with Crippen LogP contribution in [0.25, 0.3) is 0 Å². The minimum Gasteiger partial charge on any atom is -0.307 e. The van der Waals surface area contributed by atoms with E-state index in [1.165, 1.54) is 12.5 Å². The maximum Gasteiger partial charge on any atom is 0.443 e. The van der Waals surface area contributed by atoms with Crippen molar-refractivity contribution >= 4 is 11.3 Å². The van der Waals surface area contributed by atoms with Crippen LogP contribution in [-0.4, -0.2) is 22.0 Å². The highest BCUT2D eigenvalue weighted by atomic mass is 32.1. The monoisotopic (exact) mass is 274 g/mol. The average molecular weight is 274 g/mol. The van der Waals surface area contributed by atoms with Gasteiger partial charge in [-0.15, -0.1) is 11.3 Å². The van der Waals surface area contributed by atoms with Crippen LogP contribution in [0.1, 0.15) is 21.6 Å². The number of aromatic nitrogens is 3. The highest BCUT2D eigenvalue weighted by molar-refractivity contribution is 7.11. The molecule has 0 saturated carbocycles. The normalized spacial score (nSPS) is 13.6. The summed E-state index contributed by atoms with van der Waals surface area (Å²) in [6.07, 6.45) is -0.298. The third-order valence-electron chi connectivity index (χ3n) is 2.24. The lowest BCUT2D eigenvalue weighted by Gasteiger charge is -2.12. The van der Waals surface area contributed by atoms with Crippen molar-refractivity contribution in [2.75, 3.05) is 7.05 Å². The van der Waals surface area contributed by atoms with Crippen molar-refractivity contribution in [3.05, 3.63) is 40.4 Å². The van der Waals surface area contributed by atoms with E-state index < -0.39 is 17.2 Å². The first-order chi connectivity index (χ1) is 8.52. The smallest absolute Gasteiger partial charge is 0.307 e. The SMILES string of the molecule is CNC(c1ccncn1)c1cnc(C(F)(F)F)s1. The zero-order chi connectivity index (χ0) is 13.2. The summed E-state index contributed by atoms with van der Waals surface area (Å²) in [5.74, 6) is 0. The number of alkyl halides is 3. The minimum absolute atomic E-state index is 0.415. The molecule has 0 aliphatic carbocycles. The molecule has 0 fully saturated rings. The van der Waals surface area contributed by atoms with Gasteiger partial charge in [-0.3, -0.25) is 0 Å². The van der Waals surface area contributed by atoms with Gasteiger partial charge in [0.2, 0.25) is 0 Å². The van der Waals surface area contributed by atoms with E-state index in [1.807, 2.05) is 0 Å². The van der Waals surface area contributed by atoms with Crippen LogP contribution in [-0.2, 0) is 6.18 Å². The van der Waals surface area contributed by atoms with E-state index in [1.54, 1.807) is 19.3 Å². The van der Waals surface area contributed by atoms with Gasteiger partial charge in [0.1, 0.15) is 6.33 Å². The molecular weight excluding hydrogens is 265 g/mol. The topological polar surface area (TPSA) is 50.7 Å². The highest BCUT2D eigenvalue weighted by Gasteiger charge is 2.35. The molecule has 18 heavy (non-hydrogen) atoms. The number of halogens is 3. The summed E-state index contributed by atoms with van der Waals surface area (Å²) in [5.41, 5.74) is 0.602. The minimum atomic E-state index is -4.41. The maximum atomic E-state index is 12.5. The number of hydrogen-bond acceptors (Lipinski definition) is 5. The summed E-state index contributed by atoms with van der Waals surface area (Å²) in [5, 5.41) is 2.06. The fourth-order valence-electron chi connectivity index (χ4n) is 1.46. The lowest BCUT2D eigenvalue weighted by molar-refractivity contribution is -0.137. The Morgan fingerprint density at radius 3 is 2.61 bits per heavy atom. The van der Waals surface area contributed by atoms with Crippen molar-refractivity contribution in [2.24, 2.45) is 0 Å². The molecule has 2 aromatic heterocycles. The van der Waals surface area contributed by atoms with Crippen molar-refractivity contribution in [3.63, 3.8) is 0 Å². The molecule has 0 spiro atoms. The molecule has 0 aromatic carbocycles. The van der Waals surface area contributed by atoms with Crippen LogP contribution < -0.4 is 5.32 Å². The van der Waals surface area contributed by atoms with Gasteiger partial charge in [0.05, 0.1) is 11.7 Å². The molecule has 0 aliphatic rings. The zero-order valence-electron chi connectivity index (χ0n) is 9.27. The van der Waals surface area contributed by atoms with Gasteiger partial charge in [-0.05, 0) is 13.1 Å². The molecule has 4 nitrogen and oxygen atoms in total. The molecule has 2 heterocycles. The van der Waals surface area contributed by atoms with Gasteiger partial charge in [-0.25, -0.2) is 15.0 Å². The van der Waals surface area contributed by atoms with Crippen LogP contribution in [0.5, 0.6) is 0 Å². The zero-order valence-corrected chi connectivity index (χ0v) is 10.1. The average Bonchev–Trinajstić information content (AvgIpc) is 2.81. The van der Waals surface area contributed by atoms with E-state index in [9.17, 15) is 13.2 Å². The number of nitrogens with one attached hydrogen (secondary N) is 1. The van der Waals surface area contributed by atoms with Crippen molar-refractivity contribution in [3.8, 4) is 0 Å².